The summed E-state index contributed by atoms with van der Waals surface area (Å²) >= 11 is 12.5. The molecule has 2 N–H and O–H groups in total. The summed E-state index contributed by atoms with van der Waals surface area (Å²) in [5.74, 6) is -4.52. The van der Waals surface area contributed by atoms with Crippen LogP contribution >= 0.6 is 23.2 Å². The first kappa shape index (κ1) is 28.2. The van der Waals surface area contributed by atoms with E-state index in [1.54, 1.807) is 18.2 Å². The number of benzene rings is 2. The van der Waals surface area contributed by atoms with Crippen LogP contribution in [0.2, 0.25) is 10.2 Å². The van der Waals surface area contributed by atoms with Crippen LogP contribution in [0, 0.1) is 5.82 Å². The number of nitrogens with zero attached hydrogens (tertiary/aromatic N) is 4. The molecule has 1 aliphatic heterocycles. The van der Waals surface area contributed by atoms with Crippen molar-refractivity contribution in [3.63, 3.8) is 0 Å². The Hall–Kier alpha value is -3.38. The quantitative estimate of drug-likeness (QED) is 0.255. The minimum atomic E-state index is -2.89. The standard InChI is InChI=1S/C27H24Cl2F3N5O3/c28-20-8-2-1-7-19(20)25(26(39)33-17-14-27(31,32)15-17)36(18-6-3-5-16(30)13-18)37(40)23-11-12-24(38)35(23)22-10-4-9-21(29)34-22/h1-10,13,17,23,25,40H,11-12,14-15H2,(H,33,39)/t23-,25+/m1/s1. The maximum Gasteiger partial charge on any atom is 0.252 e. The molecule has 0 unspecified atom stereocenters. The van der Waals surface area contributed by atoms with E-state index in [1.165, 1.54) is 47.4 Å². The summed E-state index contributed by atoms with van der Waals surface area (Å²) in [6.07, 6.45) is -2.02. The van der Waals surface area contributed by atoms with Gasteiger partial charge in [0.2, 0.25) is 11.8 Å². The first-order valence-corrected chi connectivity index (χ1v) is 13.2. The molecule has 2 aliphatic rings. The van der Waals surface area contributed by atoms with E-state index < -0.39 is 48.7 Å². The number of amides is 2. The lowest BCUT2D eigenvalue weighted by molar-refractivity contribution is -0.153. The van der Waals surface area contributed by atoms with E-state index in [9.17, 15) is 28.0 Å². The van der Waals surface area contributed by atoms with Crippen molar-refractivity contribution >= 4 is 46.5 Å². The molecule has 1 saturated heterocycles. The number of nitrogens with one attached hydrogen (secondary N) is 1. The third-order valence-electron chi connectivity index (χ3n) is 6.82. The monoisotopic (exact) mass is 593 g/mol. The van der Waals surface area contributed by atoms with E-state index in [1.807, 2.05) is 0 Å². The van der Waals surface area contributed by atoms with Crippen LogP contribution in [0.4, 0.5) is 24.7 Å². The van der Waals surface area contributed by atoms with Gasteiger partial charge in [-0.2, -0.15) is 0 Å². The number of hydrazine groups is 1. The molecule has 0 radical (unpaired) electrons. The fourth-order valence-corrected chi connectivity index (χ4v) is 5.37. The Bertz CT molecular complexity index is 1420. The number of hydrogen-bond donors (Lipinski definition) is 2. The predicted molar refractivity (Wildman–Crippen MR) is 143 cm³/mol. The summed E-state index contributed by atoms with van der Waals surface area (Å²) in [5, 5.41) is 16.4. The maximum absolute atomic E-state index is 14.5. The average molecular weight is 594 g/mol. The Morgan fingerprint density at radius 1 is 1.10 bits per heavy atom. The molecule has 1 aromatic heterocycles. The van der Waals surface area contributed by atoms with E-state index >= 15 is 0 Å². The van der Waals surface area contributed by atoms with Crippen LogP contribution in [0.1, 0.15) is 37.3 Å². The SMILES string of the molecule is O=C(NC1CC(F)(F)C1)[C@H](c1ccccc1Cl)N(c1cccc(F)c1)N(O)[C@@H]1CCC(=O)N1c1cccc(Cl)n1. The van der Waals surface area contributed by atoms with Gasteiger partial charge in [0.25, 0.3) is 5.92 Å². The van der Waals surface area contributed by atoms with Gasteiger partial charge in [-0.15, -0.1) is 0 Å². The van der Waals surface area contributed by atoms with Crippen molar-refractivity contribution in [2.45, 2.75) is 49.9 Å². The second-order valence-electron chi connectivity index (χ2n) is 9.64. The number of alkyl halides is 2. The van der Waals surface area contributed by atoms with Crippen LogP contribution < -0.4 is 15.2 Å². The van der Waals surface area contributed by atoms with Gasteiger partial charge in [0.05, 0.1) is 5.69 Å². The maximum atomic E-state index is 14.5. The largest absolute Gasteiger partial charge is 0.351 e. The summed E-state index contributed by atoms with van der Waals surface area (Å²) in [7, 11) is 0. The molecule has 2 heterocycles. The van der Waals surface area contributed by atoms with Crippen LogP contribution in [0.25, 0.3) is 0 Å². The van der Waals surface area contributed by atoms with E-state index in [2.05, 4.69) is 10.3 Å². The summed E-state index contributed by atoms with van der Waals surface area (Å²) in [6.45, 7) is 0. The Balaban J connectivity index is 1.60. The molecule has 2 fully saturated rings. The third kappa shape index (κ3) is 5.73. The Kier molecular flexibility index (Phi) is 7.92. The van der Waals surface area contributed by atoms with Crippen molar-refractivity contribution in [1.29, 1.82) is 0 Å². The normalized spacial score (nSPS) is 19.4. The van der Waals surface area contributed by atoms with Crippen molar-refractivity contribution in [3.8, 4) is 0 Å². The molecule has 2 atom stereocenters. The van der Waals surface area contributed by atoms with Crippen molar-refractivity contribution in [3.05, 3.63) is 88.3 Å². The van der Waals surface area contributed by atoms with Gasteiger partial charge in [0.15, 0.2) is 6.04 Å². The van der Waals surface area contributed by atoms with Gasteiger partial charge >= 0.3 is 0 Å². The van der Waals surface area contributed by atoms with Crippen LogP contribution in [-0.4, -0.2) is 45.3 Å². The van der Waals surface area contributed by atoms with E-state index in [0.717, 1.165) is 11.1 Å². The molecular formula is C27H24Cl2F3N5O3. The topological polar surface area (TPSA) is 89.0 Å². The third-order valence-corrected chi connectivity index (χ3v) is 7.37. The first-order valence-electron chi connectivity index (χ1n) is 12.4. The van der Waals surface area contributed by atoms with Crippen molar-refractivity contribution < 1.29 is 28.0 Å². The van der Waals surface area contributed by atoms with Gasteiger partial charge in [-0.05, 0) is 42.8 Å². The molecule has 210 valence electrons. The number of pyridine rings is 1. The summed E-state index contributed by atoms with van der Waals surface area (Å²) in [6, 6.07) is 13.8. The van der Waals surface area contributed by atoms with Crippen LogP contribution in [0.3, 0.4) is 0 Å². The van der Waals surface area contributed by atoms with E-state index in [0.29, 0.717) is 5.17 Å². The van der Waals surface area contributed by atoms with E-state index in [4.69, 9.17) is 23.2 Å². The lowest BCUT2D eigenvalue weighted by Gasteiger charge is -2.43. The molecule has 8 nitrogen and oxygen atoms in total. The lowest BCUT2D eigenvalue weighted by atomic mass is 9.88. The molecule has 13 heteroatoms. The minimum absolute atomic E-state index is 0.0347. The van der Waals surface area contributed by atoms with Crippen LogP contribution in [0.5, 0.6) is 0 Å². The predicted octanol–water partition coefficient (Wildman–Crippen LogP) is 5.75. The van der Waals surface area contributed by atoms with Gasteiger partial charge in [0, 0.05) is 35.9 Å². The van der Waals surface area contributed by atoms with Gasteiger partial charge in [-0.3, -0.25) is 24.7 Å². The molecule has 2 aromatic carbocycles. The second kappa shape index (κ2) is 11.2. The average Bonchev–Trinajstić information content (AvgIpc) is 3.27. The Labute approximate surface area is 237 Å². The van der Waals surface area contributed by atoms with Crippen molar-refractivity contribution in [1.82, 2.24) is 15.5 Å². The van der Waals surface area contributed by atoms with Crippen LogP contribution in [-0.2, 0) is 9.59 Å². The zero-order valence-electron chi connectivity index (χ0n) is 20.9. The highest BCUT2D eigenvalue weighted by Gasteiger charge is 2.48. The fourth-order valence-electron chi connectivity index (χ4n) is 4.97. The van der Waals surface area contributed by atoms with E-state index in [-0.39, 0.29) is 46.0 Å². The Morgan fingerprint density at radius 2 is 1.82 bits per heavy atom. The van der Waals surface area contributed by atoms with Crippen molar-refractivity contribution in [2.24, 2.45) is 0 Å². The zero-order chi connectivity index (χ0) is 28.6. The molecule has 0 bridgehead atoms. The van der Waals surface area contributed by atoms with Gasteiger partial charge in [0.1, 0.15) is 23.0 Å². The summed E-state index contributed by atoms with van der Waals surface area (Å²) < 4.78 is 41.6. The van der Waals surface area contributed by atoms with Gasteiger partial charge < -0.3 is 5.32 Å². The van der Waals surface area contributed by atoms with Gasteiger partial charge in [-0.25, -0.2) is 18.2 Å². The summed E-state index contributed by atoms with van der Waals surface area (Å²) in [4.78, 5) is 32.2. The molecule has 40 heavy (non-hydrogen) atoms. The van der Waals surface area contributed by atoms with Crippen molar-refractivity contribution in [2.75, 3.05) is 9.91 Å². The summed E-state index contributed by atoms with van der Waals surface area (Å²) in [5.41, 5.74) is 0.257. The smallest absolute Gasteiger partial charge is 0.252 e. The first-order chi connectivity index (χ1) is 19.0. The molecule has 3 aromatic rings. The highest BCUT2D eigenvalue weighted by molar-refractivity contribution is 6.31. The fraction of sp³-hybridized carbons (Fsp3) is 0.296. The highest BCUT2D eigenvalue weighted by Crippen LogP contribution is 2.40. The molecule has 0 spiro atoms. The number of carbonyl (C=O) groups is 2. The molecule has 1 aliphatic carbocycles. The Morgan fingerprint density at radius 3 is 2.50 bits per heavy atom. The number of halogens is 5. The number of aromatic nitrogens is 1. The molecule has 1 saturated carbocycles. The number of anilines is 2. The molecular weight excluding hydrogens is 570 g/mol. The lowest BCUT2D eigenvalue weighted by Crippen LogP contribution is -2.59. The number of carbonyl (C=O) groups excluding carboxylic acids is 2. The zero-order valence-corrected chi connectivity index (χ0v) is 22.4. The second-order valence-corrected chi connectivity index (χ2v) is 10.4. The highest BCUT2D eigenvalue weighted by atomic mass is 35.5. The molecule has 5 rings (SSSR count). The van der Waals surface area contributed by atoms with Gasteiger partial charge in [-0.1, -0.05) is 58.7 Å². The van der Waals surface area contributed by atoms with Crippen LogP contribution in [0.15, 0.2) is 66.7 Å². The number of hydrogen-bond acceptors (Lipinski definition) is 6. The number of hydroxylamine groups is 1. The molecule has 2 amide bonds. The number of rotatable bonds is 8. The minimum Gasteiger partial charge on any atom is -0.351 e.